The maximum absolute atomic E-state index is 11.7. The maximum Gasteiger partial charge on any atom is 0.265 e. The predicted molar refractivity (Wildman–Crippen MR) is 81.7 cm³/mol. The van der Waals surface area contributed by atoms with Crippen molar-refractivity contribution in [3.05, 3.63) is 18.2 Å². The molecule has 5 nitrogen and oxygen atoms in total. The van der Waals surface area contributed by atoms with Crippen LogP contribution in [0.4, 0.5) is 11.4 Å². The van der Waals surface area contributed by atoms with Crippen LogP contribution in [0.25, 0.3) is 0 Å². The van der Waals surface area contributed by atoms with Crippen molar-refractivity contribution in [3.8, 4) is 5.75 Å². The van der Waals surface area contributed by atoms with Crippen LogP contribution >= 0.6 is 0 Å². The number of fused-ring (bicyclic) bond motifs is 4. The number of benzene rings is 1. The van der Waals surface area contributed by atoms with E-state index in [4.69, 9.17) is 4.74 Å². The second kappa shape index (κ2) is 4.91. The molecule has 112 valence electrons. The van der Waals surface area contributed by atoms with Gasteiger partial charge in [0.15, 0.2) is 6.10 Å². The van der Waals surface area contributed by atoms with Gasteiger partial charge in [0.2, 0.25) is 0 Å². The number of anilines is 2. The van der Waals surface area contributed by atoms with E-state index in [1.165, 1.54) is 25.9 Å². The highest BCUT2D eigenvalue weighted by atomic mass is 16.5. The minimum absolute atomic E-state index is 0.0810. The summed E-state index contributed by atoms with van der Waals surface area (Å²) in [6, 6.07) is 6.48. The molecule has 2 N–H and O–H groups in total. The van der Waals surface area contributed by atoms with E-state index in [0.717, 1.165) is 29.6 Å². The summed E-state index contributed by atoms with van der Waals surface area (Å²) in [5.74, 6) is 1.45. The van der Waals surface area contributed by atoms with Crippen LogP contribution in [0.15, 0.2) is 18.2 Å². The number of hydrogen-bond acceptors (Lipinski definition) is 4. The van der Waals surface area contributed by atoms with Crippen molar-refractivity contribution in [1.82, 2.24) is 4.90 Å². The van der Waals surface area contributed by atoms with Crippen molar-refractivity contribution in [1.29, 1.82) is 0 Å². The Bertz CT molecular complexity index is 567. The van der Waals surface area contributed by atoms with E-state index >= 15 is 0 Å². The molecular weight excluding hydrogens is 266 g/mol. The molecule has 0 radical (unpaired) electrons. The van der Waals surface area contributed by atoms with Gasteiger partial charge in [-0.1, -0.05) is 0 Å². The summed E-state index contributed by atoms with van der Waals surface area (Å²) >= 11 is 0. The van der Waals surface area contributed by atoms with Gasteiger partial charge in [-0.3, -0.25) is 4.79 Å². The van der Waals surface area contributed by atoms with Crippen LogP contribution in [0.3, 0.4) is 0 Å². The average Bonchev–Trinajstić information content (AvgIpc) is 2.50. The molecule has 4 aliphatic heterocycles. The Morgan fingerprint density at radius 3 is 2.86 bits per heavy atom. The van der Waals surface area contributed by atoms with Crippen LogP contribution < -0.4 is 15.4 Å². The number of nitrogens with zero attached hydrogens (tertiary/aromatic N) is 1. The third kappa shape index (κ3) is 2.35. The second-order valence-corrected chi connectivity index (χ2v) is 6.35. The first-order chi connectivity index (χ1) is 10.2. The Hall–Kier alpha value is -1.75. The second-order valence-electron chi connectivity index (χ2n) is 6.35. The molecule has 2 atom stereocenters. The van der Waals surface area contributed by atoms with Crippen LogP contribution in [-0.4, -0.2) is 42.6 Å². The fourth-order valence-electron chi connectivity index (χ4n) is 3.64. The Morgan fingerprint density at radius 1 is 1.33 bits per heavy atom. The molecule has 4 aliphatic rings. The SMILES string of the molecule is CC1Oc2ccc(NC3CN4CCC3CC4)cc2NC1=O. The highest BCUT2D eigenvalue weighted by Crippen LogP contribution is 2.34. The van der Waals surface area contributed by atoms with Crippen molar-refractivity contribution >= 4 is 17.3 Å². The Morgan fingerprint density at radius 2 is 2.14 bits per heavy atom. The van der Waals surface area contributed by atoms with Gasteiger partial charge in [0, 0.05) is 18.3 Å². The summed E-state index contributed by atoms with van der Waals surface area (Å²) < 4.78 is 5.59. The molecule has 0 saturated carbocycles. The van der Waals surface area contributed by atoms with Gasteiger partial charge in [-0.15, -0.1) is 0 Å². The largest absolute Gasteiger partial charge is 0.479 e. The third-order valence-corrected chi connectivity index (χ3v) is 4.92. The van der Waals surface area contributed by atoms with E-state index < -0.39 is 6.10 Å². The molecule has 0 spiro atoms. The maximum atomic E-state index is 11.7. The van der Waals surface area contributed by atoms with Crippen molar-refractivity contribution in [3.63, 3.8) is 0 Å². The van der Waals surface area contributed by atoms with Gasteiger partial charge in [0.1, 0.15) is 5.75 Å². The van der Waals surface area contributed by atoms with Crippen molar-refractivity contribution in [2.24, 2.45) is 5.92 Å². The number of piperidine rings is 3. The zero-order valence-corrected chi connectivity index (χ0v) is 12.3. The topological polar surface area (TPSA) is 53.6 Å². The van der Waals surface area contributed by atoms with Gasteiger partial charge >= 0.3 is 0 Å². The molecule has 0 aromatic heterocycles. The molecule has 21 heavy (non-hydrogen) atoms. The van der Waals surface area contributed by atoms with E-state index in [0.29, 0.717) is 6.04 Å². The lowest BCUT2D eigenvalue weighted by Crippen LogP contribution is -2.53. The molecule has 0 aliphatic carbocycles. The molecule has 1 aromatic carbocycles. The minimum Gasteiger partial charge on any atom is -0.479 e. The van der Waals surface area contributed by atoms with E-state index in [2.05, 4.69) is 15.5 Å². The molecule has 2 bridgehead atoms. The van der Waals surface area contributed by atoms with Crippen LogP contribution in [0.5, 0.6) is 5.75 Å². The first kappa shape index (κ1) is 13.0. The number of rotatable bonds is 2. The number of hydrogen-bond donors (Lipinski definition) is 2. The standard InChI is InChI=1S/C16H21N3O2/c1-10-16(20)18-13-8-12(2-3-15(13)21-10)17-14-9-19-6-4-11(14)5-7-19/h2-3,8,10-11,14,17H,4-7,9H2,1H3,(H,18,20). The number of carbonyl (C=O) groups is 1. The number of amides is 1. The number of nitrogens with one attached hydrogen (secondary N) is 2. The molecule has 2 unspecified atom stereocenters. The summed E-state index contributed by atoms with van der Waals surface area (Å²) in [4.78, 5) is 14.2. The molecule has 3 saturated heterocycles. The van der Waals surface area contributed by atoms with Crippen molar-refractivity contribution in [2.45, 2.75) is 31.9 Å². The van der Waals surface area contributed by atoms with E-state index in [9.17, 15) is 4.79 Å². The smallest absolute Gasteiger partial charge is 0.265 e. The fourth-order valence-corrected chi connectivity index (χ4v) is 3.64. The number of carbonyl (C=O) groups excluding carboxylic acids is 1. The zero-order chi connectivity index (χ0) is 14.4. The van der Waals surface area contributed by atoms with E-state index in [1.54, 1.807) is 6.92 Å². The Balaban J connectivity index is 1.51. The average molecular weight is 287 g/mol. The van der Waals surface area contributed by atoms with Gasteiger partial charge in [-0.05, 0) is 57.0 Å². The van der Waals surface area contributed by atoms with Gasteiger partial charge in [0.25, 0.3) is 5.91 Å². The quantitative estimate of drug-likeness (QED) is 0.872. The lowest BCUT2D eigenvalue weighted by Gasteiger charge is -2.45. The monoisotopic (exact) mass is 287 g/mol. The molecule has 5 heteroatoms. The highest BCUT2D eigenvalue weighted by Gasteiger charge is 2.34. The van der Waals surface area contributed by atoms with Gasteiger partial charge in [-0.2, -0.15) is 0 Å². The van der Waals surface area contributed by atoms with Crippen molar-refractivity contribution in [2.75, 3.05) is 30.3 Å². The first-order valence-corrected chi connectivity index (χ1v) is 7.79. The Labute approximate surface area is 124 Å². The Kier molecular flexibility index (Phi) is 3.03. The van der Waals surface area contributed by atoms with Crippen LogP contribution in [-0.2, 0) is 4.79 Å². The summed E-state index contributed by atoms with van der Waals surface area (Å²) in [7, 11) is 0. The fraction of sp³-hybridized carbons (Fsp3) is 0.562. The van der Waals surface area contributed by atoms with Crippen LogP contribution in [0.1, 0.15) is 19.8 Å². The van der Waals surface area contributed by atoms with Crippen LogP contribution in [0, 0.1) is 5.92 Å². The summed E-state index contributed by atoms with van der Waals surface area (Å²) in [5.41, 5.74) is 1.83. The molecule has 3 fully saturated rings. The lowest BCUT2D eigenvalue weighted by atomic mass is 9.84. The van der Waals surface area contributed by atoms with Crippen LogP contribution in [0.2, 0.25) is 0 Å². The predicted octanol–water partition coefficient (Wildman–Crippen LogP) is 1.91. The molecule has 5 rings (SSSR count). The molecule has 1 amide bonds. The molecular formula is C16H21N3O2. The summed E-state index contributed by atoms with van der Waals surface area (Å²) in [6.45, 7) is 5.38. The summed E-state index contributed by atoms with van der Waals surface area (Å²) in [6.07, 6.45) is 2.16. The minimum atomic E-state index is -0.418. The van der Waals surface area contributed by atoms with Crippen molar-refractivity contribution < 1.29 is 9.53 Å². The lowest BCUT2D eigenvalue weighted by molar-refractivity contribution is -0.122. The molecule has 4 heterocycles. The first-order valence-electron chi connectivity index (χ1n) is 7.79. The molecule has 1 aromatic rings. The van der Waals surface area contributed by atoms with E-state index in [1.807, 2.05) is 18.2 Å². The third-order valence-electron chi connectivity index (χ3n) is 4.92. The summed E-state index contributed by atoms with van der Waals surface area (Å²) in [5, 5.41) is 6.55. The zero-order valence-electron chi connectivity index (χ0n) is 12.3. The normalized spacial score (nSPS) is 33.9. The highest BCUT2D eigenvalue weighted by molar-refractivity contribution is 5.98. The van der Waals surface area contributed by atoms with E-state index in [-0.39, 0.29) is 5.91 Å². The van der Waals surface area contributed by atoms with Gasteiger partial charge in [-0.25, -0.2) is 0 Å². The van der Waals surface area contributed by atoms with Gasteiger partial charge in [0.05, 0.1) is 5.69 Å². The number of ether oxygens (including phenoxy) is 1. The van der Waals surface area contributed by atoms with Gasteiger partial charge < -0.3 is 20.3 Å².